The first-order valence-corrected chi connectivity index (χ1v) is 8.54. The molecule has 0 heterocycles. The van der Waals surface area contributed by atoms with Crippen LogP contribution in [0.15, 0.2) is 48.5 Å². The zero-order valence-electron chi connectivity index (χ0n) is 14.3. The van der Waals surface area contributed by atoms with E-state index in [-0.39, 0.29) is 0 Å². The van der Waals surface area contributed by atoms with Crippen molar-refractivity contribution in [1.29, 1.82) is 0 Å². The van der Waals surface area contributed by atoms with Gasteiger partial charge in [0.1, 0.15) is 11.5 Å². The maximum atomic E-state index is 12.4. The van der Waals surface area contributed by atoms with E-state index in [9.17, 15) is 5.21 Å². The Kier molecular flexibility index (Phi) is 5.26. The number of anilines is 2. The van der Waals surface area contributed by atoms with Gasteiger partial charge in [0, 0.05) is 11.4 Å². The van der Waals surface area contributed by atoms with E-state index in [1.165, 1.54) is 12.8 Å². The van der Waals surface area contributed by atoms with Gasteiger partial charge in [-0.1, -0.05) is 6.92 Å². The van der Waals surface area contributed by atoms with Gasteiger partial charge in [0.05, 0.1) is 13.2 Å². The van der Waals surface area contributed by atoms with Crippen molar-refractivity contribution >= 4 is 11.4 Å². The number of nitrogens with zero attached hydrogens (tertiary/aromatic N) is 1. The summed E-state index contributed by atoms with van der Waals surface area (Å²) in [6.45, 7) is 2.30. The van der Waals surface area contributed by atoms with E-state index in [0.29, 0.717) is 17.5 Å². The quantitative estimate of drug-likeness (QED) is 0.700. The molecule has 0 aromatic heterocycles. The van der Waals surface area contributed by atoms with E-state index in [1.807, 2.05) is 12.1 Å². The lowest BCUT2D eigenvalue weighted by Gasteiger charge is -2.31. The highest BCUT2D eigenvalue weighted by Crippen LogP contribution is 2.30. The molecule has 0 unspecified atom stereocenters. The van der Waals surface area contributed by atoms with Crippen LogP contribution in [0, 0.1) is 11.1 Å². The Labute approximate surface area is 143 Å². The van der Waals surface area contributed by atoms with Gasteiger partial charge in [0.25, 0.3) is 0 Å². The van der Waals surface area contributed by atoms with E-state index in [0.717, 1.165) is 35.3 Å². The summed E-state index contributed by atoms with van der Waals surface area (Å²) >= 11 is 0. The van der Waals surface area contributed by atoms with Crippen LogP contribution in [-0.4, -0.2) is 13.2 Å². The fourth-order valence-corrected chi connectivity index (χ4v) is 3.07. The minimum atomic E-state index is 0.303. The second-order valence-electron chi connectivity index (χ2n) is 6.49. The van der Waals surface area contributed by atoms with E-state index in [2.05, 4.69) is 6.92 Å². The molecule has 1 aliphatic rings. The molecule has 1 aliphatic carbocycles. The van der Waals surface area contributed by atoms with E-state index in [4.69, 9.17) is 9.47 Å². The van der Waals surface area contributed by atoms with Crippen molar-refractivity contribution in [1.82, 2.24) is 0 Å². The Morgan fingerprint density at radius 1 is 0.833 bits per heavy atom. The molecule has 0 amide bonds. The standard InChI is InChI=1S/C20H24NO3/c1-15-3-9-19(10-4-15)24-20-13-7-17(8-14-20)21(22)16-5-11-18(23-2)12-6-16/h5-8,11-15,19H,3-4,9-10H2,1-2H3/q-1. The predicted octanol–water partition coefficient (Wildman–Crippen LogP) is 5.29. The third-order valence-corrected chi connectivity index (χ3v) is 4.64. The Morgan fingerprint density at radius 3 is 1.83 bits per heavy atom. The SMILES string of the molecule is COc1ccc(N([O-])c2ccc(OC3CCC(C)CC3)cc2)cc1. The molecule has 0 atom stereocenters. The number of rotatable bonds is 5. The molecular formula is C20H24NO3-. The minimum Gasteiger partial charge on any atom is -0.754 e. The second kappa shape index (κ2) is 7.58. The van der Waals surface area contributed by atoms with Crippen molar-refractivity contribution in [2.75, 3.05) is 12.2 Å². The monoisotopic (exact) mass is 326 g/mol. The van der Waals surface area contributed by atoms with Crippen LogP contribution in [0.3, 0.4) is 0 Å². The van der Waals surface area contributed by atoms with E-state index < -0.39 is 0 Å². The Morgan fingerprint density at radius 2 is 1.33 bits per heavy atom. The lowest BCUT2D eigenvalue weighted by Crippen LogP contribution is -2.23. The molecule has 1 saturated carbocycles. The molecule has 24 heavy (non-hydrogen) atoms. The van der Waals surface area contributed by atoms with Gasteiger partial charge >= 0.3 is 0 Å². The molecule has 0 aliphatic heterocycles. The van der Waals surface area contributed by atoms with Crippen LogP contribution in [0.1, 0.15) is 32.6 Å². The topological polar surface area (TPSA) is 44.8 Å². The molecule has 0 spiro atoms. The zero-order valence-corrected chi connectivity index (χ0v) is 14.3. The zero-order chi connectivity index (χ0) is 16.9. The summed E-state index contributed by atoms with van der Waals surface area (Å²) in [6.07, 6.45) is 4.99. The summed E-state index contributed by atoms with van der Waals surface area (Å²) in [7, 11) is 1.61. The molecule has 4 nitrogen and oxygen atoms in total. The highest BCUT2D eigenvalue weighted by molar-refractivity contribution is 5.65. The van der Waals surface area contributed by atoms with Crippen molar-refractivity contribution in [2.24, 2.45) is 5.92 Å². The van der Waals surface area contributed by atoms with Crippen LogP contribution in [0.25, 0.3) is 0 Å². The summed E-state index contributed by atoms with van der Waals surface area (Å²) < 4.78 is 11.1. The van der Waals surface area contributed by atoms with Gasteiger partial charge in [-0.15, -0.1) is 0 Å². The van der Waals surface area contributed by atoms with Crippen molar-refractivity contribution < 1.29 is 9.47 Å². The molecular weight excluding hydrogens is 302 g/mol. The van der Waals surface area contributed by atoms with Crippen molar-refractivity contribution in [3.05, 3.63) is 53.7 Å². The lowest BCUT2D eigenvalue weighted by molar-refractivity contribution is 0.135. The second-order valence-corrected chi connectivity index (χ2v) is 6.49. The van der Waals surface area contributed by atoms with Crippen LogP contribution >= 0.6 is 0 Å². The molecule has 4 heteroatoms. The van der Waals surface area contributed by atoms with E-state index in [1.54, 1.807) is 43.5 Å². The number of ether oxygens (including phenoxy) is 2. The average Bonchev–Trinajstić information content (AvgIpc) is 2.64. The summed E-state index contributed by atoms with van der Waals surface area (Å²) in [5.74, 6) is 2.38. The van der Waals surface area contributed by atoms with Crippen LogP contribution in [0.5, 0.6) is 11.5 Å². The summed E-state index contributed by atoms with van der Waals surface area (Å²) in [5, 5.41) is 13.3. The first-order valence-electron chi connectivity index (χ1n) is 8.54. The summed E-state index contributed by atoms with van der Waals surface area (Å²) in [6, 6.07) is 14.4. The fourth-order valence-electron chi connectivity index (χ4n) is 3.07. The smallest absolute Gasteiger partial charge is 0.119 e. The Hall–Kier alpha value is -2.20. The maximum absolute atomic E-state index is 12.4. The third kappa shape index (κ3) is 4.01. The van der Waals surface area contributed by atoms with Gasteiger partial charge in [-0.25, -0.2) is 0 Å². The Balaban J connectivity index is 1.62. The third-order valence-electron chi connectivity index (χ3n) is 4.64. The summed E-state index contributed by atoms with van der Waals surface area (Å²) in [4.78, 5) is 0. The first-order chi connectivity index (χ1) is 11.7. The Bertz CT molecular complexity index is 631. The molecule has 0 radical (unpaired) electrons. The molecule has 0 bridgehead atoms. The average molecular weight is 326 g/mol. The molecule has 3 rings (SSSR count). The molecule has 128 valence electrons. The minimum absolute atomic E-state index is 0.303. The summed E-state index contributed by atoms with van der Waals surface area (Å²) in [5.41, 5.74) is 1.16. The van der Waals surface area contributed by atoms with Crippen LogP contribution in [0.2, 0.25) is 0 Å². The van der Waals surface area contributed by atoms with Gasteiger partial charge in [-0.3, -0.25) is 0 Å². The van der Waals surface area contributed by atoms with Crippen molar-refractivity contribution in [3.8, 4) is 11.5 Å². The first kappa shape index (κ1) is 16.7. The fraction of sp³-hybridized carbons (Fsp3) is 0.400. The molecule has 0 N–H and O–H groups in total. The number of hydrogen-bond donors (Lipinski definition) is 0. The number of methoxy groups -OCH3 is 1. The molecule has 0 saturated heterocycles. The van der Waals surface area contributed by atoms with Crippen LogP contribution in [0.4, 0.5) is 11.4 Å². The van der Waals surface area contributed by atoms with Gasteiger partial charge in [-0.05, 0) is 80.1 Å². The van der Waals surface area contributed by atoms with E-state index >= 15 is 0 Å². The van der Waals surface area contributed by atoms with Gasteiger partial charge in [0.15, 0.2) is 0 Å². The predicted molar refractivity (Wildman–Crippen MR) is 97.0 cm³/mol. The number of benzene rings is 2. The largest absolute Gasteiger partial charge is 0.754 e. The number of hydrogen-bond acceptors (Lipinski definition) is 4. The van der Waals surface area contributed by atoms with Crippen molar-refractivity contribution in [2.45, 2.75) is 38.7 Å². The lowest BCUT2D eigenvalue weighted by atomic mass is 9.89. The van der Waals surface area contributed by atoms with Crippen LogP contribution < -0.4 is 14.5 Å². The maximum Gasteiger partial charge on any atom is 0.119 e. The highest BCUT2D eigenvalue weighted by atomic mass is 16.5. The van der Waals surface area contributed by atoms with Crippen LogP contribution in [-0.2, 0) is 0 Å². The molecule has 2 aromatic rings. The van der Waals surface area contributed by atoms with Crippen molar-refractivity contribution in [3.63, 3.8) is 0 Å². The van der Waals surface area contributed by atoms with Gasteiger partial charge in [-0.2, -0.15) is 0 Å². The molecule has 2 aromatic carbocycles. The van der Waals surface area contributed by atoms with Gasteiger partial charge in [0.2, 0.25) is 0 Å². The highest BCUT2D eigenvalue weighted by Gasteiger charge is 2.19. The van der Waals surface area contributed by atoms with Gasteiger partial charge < -0.3 is 19.7 Å². The normalized spacial score (nSPS) is 20.5. The molecule has 1 fully saturated rings.